The summed E-state index contributed by atoms with van der Waals surface area (Å²) >= 11 is 0. The van der Waals surface area contributed by atoms with Gasteiger partial charge in [0.1, 0.15) is 11.9 Å². The van der Waals surface area contributed by atoms with E-state index in [4.69, 9.17) is 9.78 Å². The summed E-state index contributed by atoms with van der Waals surface area (Å²) in [6, 6.07) is 0. The van der Waals surface area contributed by atoms with Crippen molar-refractivity contribution in [1.82, 2.24) is 0 Å². The molecular formula is C27H38O4. The largest absolute Gasteiger partial charge is 0.393 e. The molecule has 2 N–H and O–H groups in total. The number of allylic oxidation sites excluding steroid dienone is 4. The van der Waals surface area contributed by atoms with Crippen LogP contribution in [0.25, 0.3) is 0 Å². The maximum absolute atomic E-state index is 10.2. The molecule has 0 saturated heterocycles. The van der Waals surface area contributed by atoms with Crippen LogP contribution in [-0.2, 0) is 9.78 Å². The summed E-state index contributed by atoms with van der Waals surface area (Å²) in [5, 5.41) is 20.2. The Labute approximate surface area is 186 Å². The second kappa shape index (κ2) is 8.20. The molecule has 4 heteroatoms. The first kappa shape index (κ1) is 21.5. The van der Waals surface area contributed by atoms with E-state index < -0.39 is 12.2 Å². The van der Waals surface area contributed by atoms with Gasteiger partial charge in [0.25, 0.3) is 0 Å². The van der Waals surface area contributed by atoms with Crippen LogP contribution in [0.1, 0.15) is 71.6 Å². The van der Waals surface area contributed by atoms with Gasteiger partial charge in [-0.2, -0.15) is 4.89 Å². The Morgan fingerprint density at radius 2 is 2.00 bits per heavy atom. The van der Waals surface area contributed by atoms with Gasteiger partial charge in [0, 0.05) is 12.3 Å². The summed E-state index contributed by atoms with van der Waals surface area (Å²) in [5.41, 5.74) is 3.61. The van der Waals surface area contributed by atoms with Gasteiger partial charge in [-0.3, -0.25) is 0 Å². The fourth-order valence-corrected chi connectivity index (χ4v) is 6.98. The van der Waals surface area contributed by atoms with Crippen molar-refractivity contribution in [2.75, 3.05) is 0 Å². The number of hydrogen-bond donors (Lipinski definition) is 2. The Bertz CT molecular complexity index is 819. The van der Waals surface area contributed by atoms with E-state index in [0.29, 0.717) is 41.9 Å². The van der Waals surface area contributed by atoms with Crippen LogP contribution in [0, 0.1) is 29.1 Å². The van der Waals surface area contributed by atoms with E-state index >= 15 is 0 Å². The zero-order valence-electron chi connectivity index (χ0n) is 19.1. The number of rotatable bonds is 4. The minimum Gasteiger partial charge on any atom is -0.393 e. The van der Waals surface area contributed by atoms with Crippen LogP contribution in [0.4, 0.5) is 0 Å². The molecule has 5 rings (SSSR count). The topological polar surface area (TPSA) is 58.9 Å². The fourth-order valence-electron chi connectivity index (χ4n) is 6.98. The van der Waals surface area contributed by atoms with Crippen molar-refractivity contribution in [3.8, 4) is 0 Å². The van der Waals surface area contributed by atoms with Crippen LogP contribution in [0.2, 0.25) is 0 Å². The lowest BCUT2D eigenvalue weighted by atomic mass is 9.60. The van der Waals surface area contributed by atoms with Gasteiger partial charge in [-0.05, 0) is 91.8 Å². The molecule has 4 aliphatic carbocycles. The highest BCUT2D eigenvalue weighted by Gasteiger charge is 2.52. The molecule has 5 aliphatic rings. The third-order valence-electron chi connectivity index (χ3n) is 9.02. The summed E-state index contributed by atoms with van der Waals surface area (Å²) in [7, 11) is 0. The molecule has 4 fully saturated rings. The van der Waals surface area contributed by atoms with E-state index in [0.717, 1.165) is 23.3 Å². The lowest BCUT2D eigenvalue weighted by molar-refractivity contribution is -0.278. The summed E-state index contributed by atoms with van der Waals surface area (Å²) in [5.74, 6) is 3.36. The molecule has 4 nitrogen and oxygen atoms in total. The molecule has 0 spiro atoms. The van der Waals surface area contributed by atoms with Crippen molar-refractivity contribution in [2.45, 2.75) is 89.9 Å². The van der Waals surface area contributed by atoms with Gasteiger partial charge in [-0.25, -0.2) is 0 Å². The van der Waals surface area contributed by atoms with Crippen LogP contribution in [-0.4, -0.2) is 28.5 Å². The van der Waals surface area contributed by atoms with Crippen molar-refractivity contribution in [3.63, 3.8) is 0 Å². The van der Waals surface area contributed by atoms with Crippen LogP contribution in [0.15, 0.2) is 47.3 Å². The molecule has 31 heavy (non-hydrogen) atoms. The summed E-state index contributed by atoms with van der Waals surface area (Å²) in [6.07, 6.45) is 15.3. The summed E-state index contributed by atoms with van der Waals surface area (Å²) in [4.78, 5) is 11.4. The summed E-state index contributed by atoms with van der Waals surface area (Å²) < 4.78 is 0. The number of aliphatic hydroxyl groups excluding tert-OH is 2. The molecule has 0 aromatic heterocycles. The first-order chi connectivity index (χ1) is 14.9. The third kappa shape index (κ3) is 3.96. The van der Waals surface area contributed by atoms with Gasteiger partial charge in [0.2, 0.25) is 0 Å². The third-order valence-corrected chi connectivity index (χ3v) is 9.02. The average molecular weight is 427 g/mol. The van der Waals surface area contributed by atoms with Gasteiger partial charge in [-0.1, -0.05) is 38.2 Å². The number of hydrogen-bond acceptors (Lipinski definition) is 4. The van der Waals surface area contributed by atoms with Crippen molar-refractivity contribution in [1.29, 1.82) is 0 Å². The molecule has 4 saturated carbocycles. The van der Waals surface area contributed by atoms with E-state index in [1.54, 1.807) is 0 Å². The highest BCUT2D eigenvalue weighted by atomic mass is 17.2. The SMILES string of the molecule is C=C1/C(=C\C=C2/CCC[C@@]3(C)C2CC[C@@H]3[C@H](C)C2C=C(C3CC3)OO2)C[C@@H](O)C[C@@H]1O. The highest BCUT2D eigenvalue weighted by molar-refractivity contribution is 5.38. The summed E-state index contributed by atoms with van der Waals surface area (Å²) in [6.45, 7) is 8.92. The minimum absolute atomic E-state index is 0.0844. The van der Waals surface area contributed by atoms with Gasteiger partial charge in [0.15, 0.2) is 0 Å². The highest BCUT2D eigenvalue weighted by Crippen LogP contribution is 2.60. The Kier molecular flexibility index (Phi) is 5.69. The van der Waals surface area contributed by atoms with Crippen LogP contribution >= 0.6 is 0 Å². The average Bonchev–Trinajstić information content (AvgIpc) is 3.35. The van der Waals surface area contributed by atoms with Gasteiger partial charge < -0.3 is 15.1 Å². The standard InChI is InChI=1S/C27H38O4/c1-16-20(13-21(28)14-24(16)29)9-6-18-5-4-12-27(3)22(10-11-23(18)27)17(2)25-15-26(31-30-25)19-7-8-19/h6,9,15,17,19,21-25,28-29H,1,4-5,7-8,10-14H2,2-3H3/b18-6+,20-9-/t17-,21+,22+,23?,24-,25?,27+/m0/s1. The zero-order chi connectivity index (χ0) is 21.8. The lowest BCUT2D eigenvalue weighted by Gasteiger charge is -2.44. The van der Waals surface area contributed by atoms with E-state index in [1.807, 2.05) is 0 Å². The normalized spacial score (nSPS) is 44.3. The molecule has 0 radical (unpaired) electrons. The Balaban J connectivity index is 1.33. The first-order valence-electron chi connectivity index (χ1n) is 12.4. The molecule has 0 amide bonds. The molecule has 0 aromatic rings. The Morgan fingerprint density at radius 1 is 1.19 bits per heavy atom. The molecule has 2 unspecified atom stereocenters. The number of aliphatic hydroxyl groups is 2. The van der Waals surface area contributed by atoms with Crippen LogP contribution < -0.4 is 0 Å². The van der Waals surface area contributed by atoms with Crippen molar-refractivity contribution >= 4 is 0 Å². The van der Waals surface area contributed by atoms with Crippen molar-refractivity contribution in [2.24, 2.45) is 29.1 Å². The maximum atomic E-state index is 10.2. The van der Waals surface area contributed by atoms with Crippen LogP contribution in [0.5, 0.6) is 0 Å². The van der Waals surface area contributed by atoms with E-state index in [-0.39, 0.29) is 6.10 Å². The van der Waals surface area contributed by atoms with Crippen LogP contribution in [0.3, 0.4) is 0 Å². The molecule has 1 aliphatic heterocycles. The smallest absolute Gasteiger partial charge is 0.144 e. The predicted molar refractivity (Wildman–Crippen MR) is 121 cm³/mol. The first-order valence-corrected chi connectivity index (χ1v) is 12.4. The quantitative estimate of drug-likeness (QED) is 0.592. The zero-order valence-corrected chi connectivity index (χ0v) is 19.1. The van der Waals surface area contributed by atoms with Gasteiger partial charge in [-0.15, -0.1) is 0 Å². The second-order valence-electron chi connectivity index (χ2n) is 11.0. The molecule has 1 heterocycles. The Hall–Kier alpha value is -1.36. The van der Waals surface area contributed by atoms with Gasteiger partial charge >= 0.3 is 0 Å². The fraction of sp³-hybridized carbons (Fsp3) is 0.704. The van der Waals surface area contributed by atoms with E-state index in [9.17, 15) is 10.2 Å². The molecule has 0 aromatic carbocycles. The molecule has 0 bridgehead atoms. The molecule has 7 atom stereocenters. The minimum atomic E-state index is -0.621. The Morgan fingerprint density at radius 3 is 2.77 bits per heavy atom. The maximum Gasteiger partial charge on any atom is 0.144 e. The van der Waals surface area contributed by atoms with Crippen molar-refractivity contribution < 1.29 is 20.0 Å². The molecule has 170 valence electrons. The second-order valence-corrected chi connectivity index (χ2v) is 11.0. The monoisotopic (exact) mass is 426 g/mol. The van der Waals surface area contributed by atoms with Gasteiger partial charge in [0.05, 0.1) is 12.2 Å². The van der Waals surface area contributed by atoms with Crippen molar-refractivity contribution in [3.05, 3.63) is 47.3 Å². The lowest BCUT2D eigenvalue weighted by Crippen LogP contribution is -2.39. The number of fused-ring (bicyclic) bond motifs is 1. The van der Waals surface area contributed by atoms with E-state index in [1.165, 1.54) is 44.1 Å². The predicted octanol–water partition coefficient (Wildman–Crippen LogP) is 5.39. The molecular weight excluding hydrogens is 388 g/mol. The van der Waals surface area contributed by atoms with E-state index in [2.05, 4.69) is 38.7 Å².